The van der Waals surface area contributed by atoms with Crippen molar-refractivity contribution in [2.24, 2.45) is 0 Å². The van der Waals surface area contributed by atoms with Gasteiger partial charge < -0.3 is 5.32 Å². The average Bonchev–Trinajstić information content (AvgIpc) is 3.39. The van der Waals surface area contributed by atoms with E-state index in [9.17, 15) is 4.79 Å². The second-order valence-electron chi connectivity index (χ2n) is 6.79. The van der Waals surface area contributed by atoms with Gasteiger partial charge in [0.1, 0.15) is 5.69 Å². The molecule has 1 aliphatic rings. The summed E-state index contributed by atoms with van der Waals surface area (Å²) in [5.74, 6) is 0.377. The van der Waals surface area contributed by atoms with Crippen LogP contribution in [0.2, 0.25) is 0 Å². The van der Waals surface area contributed by atoms with E-state index in [0.717, 1.165) is 16.8 Å². The Labute approximate surface area is 147 Å². The topological polar surface area (TPSA) is 57.8 Å². The SMILES string of the molecule is CC(NC(=O)c1cc(C2CC2)[nH]n1)(c1ccccc1)c1ccccc1. The quantitative estimate of drug-likeness (QED) is 0.743. The molecule has 0 bridgehead atoms. The van der Waals surface area contributed by atoms with Gasteiger partial charge in [-0.2, -0.15) is 5.10 Å². The molecule has 1 aromatic heterocycles. The number of H-pyrrole nitrogens is 1. The first-order valence-corrected chi connectivity index (χ1v) is 8.66. The Balaban J connectivity index is 1.67. The van der Waals surface area contributed by atoms with Gasteiger partial charge in [-0.15, -0.1) is 0 Å². The zero-order chi connectivity index (χ0) is 17.3. The van der Waals surface area contributed by atoms with E-state index < -0.39 is 5.54 Å². The van der Waals surface area contributed by atoms with Gasteiger partial charge in [0, 0.05) is 11.6 Å². The molecule has 0 unspecified atom stereocenters. The zero-order valence-electron chi connectivity index (χ0n) is 14.2. The van der Waals surface area contributed by atoms with Crippen LogP contribution in [0.3, 0.4) is 0 Å². The Morgan fingerprint density at radius 1 is 1.04 bits per heavy atom. The number of amides is 1. The molecule has 1 fully saturated rings. The number of carbonyl (C=O) groups excluding carboxylic acids is 1. The predicted molar refractivity (Wildman–Crippen MR) is 97.4 cm³/mol. The molecule has 4 rings (SSSR count). The number of nitrogens with zero attached hydrogens (tertiary/aromatic N) is 1. The number of carbonyl (C=O) groups is 1. The van der Waals surface area contributed by atoms with Crippen LogP contribution in [0.5, 0.6) is 0 Å². The maximum absolute atomic E-state index is 12.9. The normalized spacial score (nSPS) is 14.3. The Bertz CT molecular complexity index is 827. The van der Waals surface area contributed by atoms with Gasteiger partial charge in [-0.25, -0.2) is 0 Å². The van der Waals surface area contributed by atoms with Crippen molar-refractivity contribution in [3.8, 4) is 0 Å². The molecule has 2 N–H and O–H groups in total. The van der Waals surface area contributed by atoms with E-state index in [-0.39, 0.29) is 5.91 Å². The van der Waals surface area contributed by atoms with Crippen LogP contribution in [-0.4, -0.2) is 16.1 Å². The molecule has 0 saturated heterocycles. The standard InChI is InChI=1S/C21H21N3O/c1-21(16-8-4-2-5-9-16,17-10-6-3-7-11-17)22-20(25)19-14-18(23-24-19)15-12-13-15/h2-11,14-15H,12-13H2,1H3,(H,22,25)(H,23,24). The van der Waals surface area contributed by atoms with E-state index in [1.165, 1.54) is 12.8 Å². The lowest BCUT2D eigenvalue weighted by Crippen LogP contribution is -2.44. The zero-order valence-corrected chi connectivity index (χ0v) is 14.2. The molecular weight excluding hydrogens is 310 g/mol. The molecule has 1 heterocycles. The summed E-state index contributed by atoms with van der Waals surface area (Å²) in [6.45, 7) is 2.03. The lowest BCUT2D eigenvalue weighted by Gasteiger charge is -2.32. The van der Waals surface area contributed by atoms with Gasteiger partial charge in [0.25, 0.3) is 5.91 Å². The molecule has 4 heteroatoms. The molecule has 0 atom stereocenters. The molecule has 0 radical (unpaired) electrons. The van der Waals surface area contributed by atoms with Gasteiger partial charge in [0.15, 0.2) is 0 Å². The summed E-state index contributed by atoms with van der Waals surface area (Å²) < 4.78 is 0. The highest BCUT2D eigenvalue weighted by Gasteiger charge is 2.32. The van der Waals surface area contributed by atoms with Crippen molar-refractivity contribution in [1.82, 2.24) is 15.5 Å². The Kier molecular flexibility index (Phi) is 3.88. The average molecular weight is 331 g/mol. The highest BCUT2D eigenvalue weighted by Crippen LogP contribution is 2.39. The van der Waals surface area contributed by atoms with Crippen LogP contribution in [0, 0.1) is 0 Å². The minimum Gasteiger partial charge on any atom is -0.337 e. The fourth-order valence-corrected chi connectivity index (χ4v) is 3.20. The Morgan fingerprint density at radius 2 is 1.60 bits per heavy atom. The molecule has 0 spiro atoms. The van der Waals surface area contributed by atoms with Gasteiger partial charge in [-0.05, 0) is 37.0 Å². The summed E-state index contributed by atoms with van der Waals surface area (Å²) in [7, 11) is 0. The fraction of sp³-hybridized carbons (Fsp3) is 0.238. The molecule has 0 aliphatic heterocycles. The molecule has 126 valence electrons. The summed E-state index contributed by atoms with van der Waals surface area (Å²) in [5.41, 5.74) is 2.95. The largest absolute Gasteiger partial charge is 0.337 e. The number of rotatable bonds is 5. The third-order valence-corrected chi connectivity index (χ3v) is 4.91. The van der Waals surface area contributed by atoms with Crippen molar-refractivity contribution in [2.45, 2.75) is 31.2 Å². The van der Waals surface area contributed by atoms with Gasteiger partial charge in [-0.1, -0.05) is 60.7 Å². The van der Waals surface area contributed by atoms with Crippen LogP contribution in [-0.2, 0) is 5.54 Å². The molecule has 1 aliphatic carbocycles. The number of aromatic amines is 1. The van der Waals surface area contributed by atoms with Gasteiger partial charge in [0.2, 0.25) is 0 Å². The van der Waals surface area contributed by atoms with Gasteiger partial charge >= 0.3 is 0 Å². The van der Waals surface area contributed by atoms with Crippen molar-refractivity contribution in [1.29, 1.82) is 0 Å². The number of benzene rings is 2. The van der Waals surface area contributed by atoms with Crippen LogP contribution < -0.4 is 5.32 Å². The Morgan fingerprint density at radius 3 is 2.12 bits per heavy atom. The number of hydrogen-bond acceptors (Lipinski definition) is 2. The van der Waals surface area contributed by atoms with Crippen LogP contribution >= 0.6 is 0 Å². The lowest BCUT2D eigenvalue weighted by molar-refractivity contribution is 0.0914. The summed E-state index contributed by atoms with van der Waals surface area (Å²) in [6.07, 6.45) is 2.35. The minimum absolute atomic E-state index is 0.168. The molecule has 3 aromatic rings. The van der Waals surface area contributed by atoms with Crippen molar-refractivity contribution in [2.75, 3.05) is 0 Å². The van der Waals surface area contributed by atoms with Gasteiger partial charge in [-0.3, -0.25) is 9.89 Å². The first-order valence-electron chi connectivity index (χ1n) is 8.66. The van der Waals surface area contributed by atoms with Crippen molar-refractivity contribution in [3.05, 3.63) is 89.2 Å². The van der Waals surface area contributed by atoms with E-state index >= 15 is 0 Å². The summed E-state index contributed by atoms with van der Waals surface area (Å²) in [4.78, 5) is 12.9. The Hall–Kier alpha value is -2.88. The first kappa shape index (κ1) is 15.6. The number of aromatic nitrogens is 2. The van der Waals surface area contributed by atoms with Crippen LogP contribution in [0.1, 0.15) is 53.0 Å². The minimum atomic E-state index is -0.627. The first-order chi connectivity index (χ1) is 12.2. The van der Waals surface area contributed by atoms with E-state index in [0.29, 0.717) is 11.6 Å². The number of nitrogens with one attached hydrogen (secondary N) is 2. The monoisotopic (exact) mass is 331 g/mol. The smallest absolute Gasteiger partial charge is 0.272 e. The fourth-order valence-electron chi connectivity index (χ4n) is 3.20. The van der Waals surface area contributed by atoms with Crippen LogP contribution in [0.25, 0.3) is 0 Å². The van der Waals surface area contributed by atoms with Crippen molar-refractivity contribution in [3.63, 3.8) is 0 Å². The summed E-state index contributed by atoms with van der Waals surface area (Å²) in [6, 6.07) is 21.9. The van der Waals surface area contributed by atoms with Crippen molar-refractivity contribution < 1.29 is 4.79 Å². The highest BCUT2D eigenvalue weighted by molar-refractivity contribution is 5.93. The van der Waals surface area contributed by atoms with Crippen LogP contribution in [0.15, 0.2) is 66.7 Å². The molecule has 25 heavy (non-hydrogen) atoms. The molecule has 2 aromatic carbocycles. The number of hydrogen-bond donors (Lipinski definition) is 2. The van der Waals surface area contributed by atoms with Crippen molar-refractivity contribution >= 4 is 5.91 Å². The molecule has 1 saturated carbocycles. The van der Waals surface area contributed by atoms with Crippen LogP contribution in [0.4, 0.5) is 0 Å². The highest BCUT2D eigenvalue weighted by atomic mass is 16.2. The third kappa shape index (κ3) is 3.07. The van der Waals surface area contributed by atoms with E-state index in [1.807, 2.05) is 73.7 Å². The maximum atomic E-state index is 12.9. The van der Waals surface area contributed by atoms with E-state index in [2.05, 4.69) is 15.5 Å². The van der Waals surface area contributed by atoms with E-state index in [4.69, 9.17) is 0 Å². The molecular formula is C21H21N3O. The third-order valence-electron chi connectivity index (χ3n) is 4.91. The maximum Gasteiger partial charge on any atom is 0.272 e. The second-order valence-corrected chi connectivity index (χ2v) is 6.79. The second kappa shape index (κ2) is 6.20. The molecule has 4 nitrogen and oxygen atoms in total. The summed E-state index contributed by atoms with van der Waals surface area (Å²) >= 11 is 0. The molecule has 1 amide bonds. The van der Waals surface area contributed by atoms with Gasteiger partial charge in [0.05, 0.1) is 5.54 Å². The lowest BCUT2D eigenvalue weighted by atomic mass is 9.84. The predicted octanol–water partition coefficient (Wildman–Crippen LogP) is 3.98. The summed E-state index contributed by atoms with van der Waals surface area (Å²) in [5, 5.41) is 10.4. The van der Waals surface area contributed by atoms with E-state index in [1.54, 1.807) is 0 Å².